The average molecular weight is 371 g/mol. The predicted octanol–water partition coefficient (Wildman–Crippen LogP) is 2.81. The quantitative estimate of drug-likeness (QED) is 0.730. The molecule has 1 aromatic carbocycles. The number of H-pyrrole nitrogens is 1. The molecule has 7 nitrogen and oxygen atoms in total. The molecule has 1 aliphatic rings. The van der Waals surface area contributed by atoms with Gasteiger partial charge >= 0.3 is 5.97 Å². The Balaban J connectivity index is 1.72. The Morgan fingerprint density at radius 3 is 2.70 bits per heavy atom. The molecule has 1 aliphatic heterocycles. The van der Waals surface area contributed by atoms with E-state index in [1.165, 1.54) is 0 Å². The summed E-state index contributed by atoms with van der Waals surface area (Å²) in [7, 11) is 1.61. The molecule has 1 amide bonds. The number of benzene rings is 1. The molecule has 0 unspecified atom stereocenters. The third kappa shape index (κ3) is 4.19. The van der Waals surface area contributed by atoms with Crippen LogP contribution in [0.1, 0.15) is 36.0 Å². The number of piperidine rings is 1. The summed E-state index contributed by atoms with van der Waals surface area (Å²) in [5.74, 6) is -0.950. The van der Waals surface area contributed by atoms with Gasteiger partial charge < -0.3 is 14.7 Å². The van der Waals surface area contributed by atoms with Crippen LogP contribution in [0.25, 0.3) is 11.3 Å². The Kier molecular flexibility index (Phi) is 5.91. The van der Waals surface area contributed by atoms with Crippen molar-refractivity contribution in [1.29, 1.82) is 0 Å². The molecule has 1 atom stereocenters. The van der Waals surface area contributed by atoms with E-state index in [4.69, 9.17) is 4.74 Å². The van der Waals surface area contributed by atoms with Crippen LogP contribution in [0.2, 0.25) is 0 Å². The second kappa shape index (κ2) is 8.35. The SMILES string of the molecule is COCCC[C@@]1(C(=O)O)CCCN(C(=O)c2ccc(-c3ccn[nH]3)cc2)C1. The monoisotopic (exact) mass is 371 g/mol. The van der Waals surface area contributed by atoms with E-state index in [2.05, 4.69) is 10.2 Å². The normalized spacial score (nSPS) is 19.8. The van der Waals surface area contributed by atoms with Crippen molar-refractivity contribution >= 4 is 11.9 Å². The standard InChI is InChI=1S/C20H25N3O4/c1-27-13-3-10-20(19(25)26)9-2-12-23(14-20)18(24)16-6-4-15(5-7-16)17-8-11-21-22-17/h4-8,11H,2-3,9-10,12-14H2,1H3,(H,21,22)(H,25,26)/t20-/m0/s1. The minimum Gasteiger partial charge on any atom is -0.481 e. The van der Waals surface area contributed by atoms with Gasteiger partial charge in [0, 0.05) is 38.6 Å². The first-order valence-corrected chi connectivity index (χ1v) is 9.17. The molecule has 0 bridgehead atoms. The highest BCUT2D eigenvalue weighted by molar-refractivity contribution is 5.95. The third-order valence-corrected chi connectivity index (χ3v) is 5.27. The lowest BCUT2D eigenvalue weighted by Gasteiger charge is -2.40. The number of likely N-dealkylation sites (tertiary alicyclic amines) is 1. The van der Waals surface area contributed by atoms with Gasteiger partial charge in [0.05, 0.1) is 11.1 Å². The van der Waals surface area contributed by atoms with Crippen LogP contribution in [0.3, 0.4) is 0 Å². The molecule has 0 spiro atoms. The highest BCUT2D eigenvalue weighted by Gasteiger charge is 2.43. The maximum absolute atomic E-state index is 12.9. The van der Waals surface area contributed by atoms with Gasteiger partial charge in [0.15, 0.2) is 0 Å². The van der Waals surface area contributed by atoms with Crippen molar-refractivity contribution in [3.8, 4) is 11.3 Å². The van der Waals surface area contributed by atoms with E-state index >= 15 is 0 Å². The average Bonchev–Trinajstić information content (AvgIpc) is 3.23. The number of nitrogens with one attached hydrogen (secondary N) is 1. The van der Waals surface area contributed by atoms with Gasteiger partial charge in [-0.2, -0.15) is 5.10 Å². The Morgan fingerprint density at radius 2 is 2.07 bits per heavy atom. The van der Waals surface area contributed by atoms with Gasteiger partial charge in [-0.1, -0.05) is 12.1 Å². The first kappa shape index (κ1) is 19.1. The summed E-state index contributed by atoms with van der Waals surface area (Å²) in [6.07, 6.45) is 4.14. The number of carboxylic acid groups (broad SMARTS) is 1. The number of aromatic nitrogens is 2. The second-order valence-electron chi connectivity index (χ2n) is 7.06. The zero-order valence-electron chi connectivity index (χ0n) is 15.5. The first-order valence-electron chi connectivity index (χ1n) is 9.17. The van der Waals surface area contributed by atoms with Crippen molar-refractivity contribution in [3.63, 3.8) is 0 Å². The Morgan fingerprint density at radius 1 is 1.30 bits per heavy atom. The van der Waals surface area contributed by atoms with Gasteiger partial charge in [0.1, 0.15) is 0 Å². The molecule has 27 heavy (non-hydrogen) atoms. The number of ether oxygens (including phenoxy) is 1. The second-order valence-corrected chi connectivity index (χ2v) is 7.06. The molecule has 0 saturated carbocycles. The zero-order valence-corrected chi connectivity index (χ0v) is 15.5. The topological polar surface area (TPSA) is 95.5 Å². The molecule has 0 radical (unpaired) electrons. The molecule has 0 aliphatic carbocycles. The number of rotatable bonds is 7. The lowest BCUT2D eigenvalue weighted by Crippen LogP contribution is -2.50. The molecular weight excluding hydrogens is 346 g/mol. The summed E-state index contributed by atoms with van der Waals surface area (Å²) in [5, 5.41) is 16.6. The molecule has 1 saturated heterocycles. The zero-order chi connectivity index (χ0) is 19.3. The van der Waals surface area contributed by atoms with E-state index in [0.29, 0.717) is 44.4 Å². The van der Waals surface area contributed by atoms with Gasteiger partial charge in [-0.25, -0.2) is 0 Å². The van der Waals surface area contributed by atoms with Crippen LogP contribution in [-0.4, -0.2) is 58.9 Å². The largest absolute Gasteiger partial charge is 0.481 e. The highest BCUT2D eigenvalue weighted by Crippen LogP contribution is 2.35. The van der Waals surface area contributed by atoms with Gasteiger partial charge in [0.25, 0.3) is 5.91 Å². The minimum atomic E-state index is -0.887. The van der Waals surface area contributed by atoms with Crippen molar-refractivity contribution in [2.45, 2.75) is 25.7 Å². The minimum absolute atomic E-state index is 0.122. The van der Waals surface area contributed by atoms with Crippen molar-refractivity contribution in [2.24, 2.45) is 5.41 Å². The Bertz CT molecular complexity index is 773. The predicted molar refractivity (Wildman–Crippen MR) is 100 cm³/mol. The summed E-state index contributed by atoms with van der Waals surface area (Å²) >= 11 is 0. The van der Waals surface area contributed by atoms with Crippen LogP contribution in [0, 0.1) is 5.41 Å². The number of hydrogen-bond acceptors (Lipinski definition) is 4. The molecule has 2 N–H and O–H groups in total. The number of nitrogens with zero attached hydrogens (tertiary/aromatic N) is 2. The fourth-order valence-electron chi connectivity index (χ4n) is 3.74. The number of aliphatic carboxylic acids is 1. The Hall–Kier alpha value is -2.67. The molecule has 2 heterocycles. The van der Waals surface area contributed by atoms with E-state index in [-0.39, 0.29) is 12.5 Å². The number of carbonyl (C=O) groups excluding carboxylic acids is 1. The van der Waals surface area contributed by atoms with Gasteiger partial charge in [-0.05, 0) is 49.4 Å². The summed E-state index contributed by atoms with van der Waals surface area (Å²) in [6, 6.07) is 9.16. The smallest absolute Gasteiger partial charge is 0.311 e. The van der Waals surface area contributed by atoms with Crippen LogP contribution in [0.4, 0.5) is 0 Å². The maximum atomic E-state index is 12.9. The molecule has 1 fully saturated rings. The number of carboxylic acids is 1. The fraction of sp³-hybridized carbons (Fsp3) is 0.450. The van der Waals surface area contributed by atoms with Gasteiger partial charge in [-0.15, -0.1) is 0 Å². The molecule has 144 valence electrons. The molecule has 3 rings (SSSR count). The van der Waals surface area contributed by atoms with Crippen LogP contribution >= 0.6 is 0 Å². The fourth-order valence-corrected chi connectivity index (χ4v) is 3.74. The summed E-state index contributed by atoms with van der Waals surface area (Å²) in [5.41, 5.74) is 1.51. The van der Waals surface area contributed by atoms with Crippen molar-refractivity contribution in [1.82, 2.24) is 15.1 Å². The van der Waals surface area contributed by atoms with Gasteiger partial charge in [-0.3, -0.25) is 14.7 Å². The molecule has 1 aromatic heterocycles. The molecule has 2 aromatic rings. The number of amides is 1. The lowest BCUT2D eigenvalue weighted by molar-refractivity contribution is -0.152. The summed E-state index contributed by atoms with van der Waals surface area (Å²) in [4.78, 5) is 26.6. The summed E-state index contributed by atoms with van der Waals surface area (Å²) in [6.45, 7) is 1.35. The van der Waals surface area contributed by atoms with Crippen molar-refractivity contribution < 1.29 is 19.4 Å². The van der Waals surface area contributed by atoms with Gasteiger partial charge in [0.2, 0.25) is 0 Å². The molecular formula is C20H25N3O4. The van der Waals surface area contributed by atoms with Crippen LogP contribution in [-0.2, 0) is 9.53 Å². The summed E-state index contributed by atoms with van der Waals surface area (Å²) < 4.78 is 5.06. The van der Waals surface area contributed by atoms with E-state index < -0.39 is 11.4 Å². The van der Waals surface area contributed by atoms with E-state index in [9.17, 15) is 14.7 Å². The van der Waals surface area contributed by atoms with Crippen LogP contribution in [0.5, 0.6) is 0 Å². The van der Waals surface area contributed by atoms with E-state index in [1.807, 2.05) is 18.2 Å². The highest BCUT2D eigenvalue weighted by atomic mass is 16.5. The number of hydrogen-bond donors (Lipinski definition) is 2. The van der Waals surface area contributed by atoms with Crippen LogP contribution < -0.4 is 0 Å². The number of carbonyl (C=O) groups is 2. The Labute approximate surface area is 158 Å². The van der Waals surface area contributed by atoms with Crippen molar-refractivity contribution in [3.05, 3.63) is 42.1 Å². The maximum Gasteiger partial charge on any atom is 0.311 e. The van der Waals surface area contributed by atoms with Crippen LogP contribution in [0.15, 0.2) is 36.5 Å². The van der Waals surface area contributed by atoms with E-state index in [1.54, 1.807) is 30.3 Å². The third-order valence-electron chi connectivity index (χ3n) is 5.27. The number of methoxy groups -OCH3 is 1. The van der Waals surface area contributed by atoms with E-state index in [0.717, 1.165) is 11.3 Å². The molecule has 7 heteroatoms. The number of aromatic amines is 1. The lowest BCUT2D eigenvalue weighted by atomic mass is 9.76. The van der Waals surface area contributed by atoms with Crippen molar-refractivity contribution in [2.75, 3.05) is 26.8 Å². The first-order chi connectivity index (χ1) is 13.1.